The second-order valence-corrected chi connectivity index (χ2v) is 6.97. The Morgan fingerprint density at radius 3 is 2.39 bits per heavy atom. The highest BCUT2D eigenvalue weighted by Crippen LogP contribution is 2.29. The molecule has 0 aliphatic carbocycles. The van der Waals surface area contributed by atoms with Gasteiger partial charge in [0.05, 0.1) is 11.5 Å². The van der Waals surface area contributed by atoms with Gasteiger partial charge in [0.2, 0.25) is 5.91 Å². The highest BCUT2D eigenvalue weighted by atomic mass is 19.1. The number of nitro benzene ring substituents is 1. The molecule has 0 saturated carbocycles. The molecule has 0 aromatic heterocycles. The summed E-state index contributed by atoms with van der Waals surface area (Å²) in [5.74, 6) is -0.599. The molecule has 0 unspecified atom stereocenters. The van der Waals surface area contributed by atoms with Gasteiger partial charge in [0.15, 0.2) is 0 Å². The van der Waals surface area contributed by atoms with Crippen molar-refractivity contribution < 1.29 is 14.1 Å². The quantitative estimate of drug-likeness (QED) is 0.631. The third-order valence-corrected chi connectivity index (χ3v) is 4.96. The van der Waals surface area contributed by atoms with Gasteiger partial charge in [0.25, 0.3) is 5.69 Å². The number of hydrogen-bond donors (Lipinski definition) is 1. The fraction of sp³-hybridized carbons (Fsp3) is 0.350. The Morgan fingerprint density at radius 2 is 1.79 bits per heavy atom. The van der Waals surface area contributed by atoms with E-state index in [0.29, 0.717) is 26.2 Å². The maximum Gasteiger partial charge on any atom is 0.292 e. The summed E-state index contributed by atoms with van der Waals surface area (Å²) in [4.78, 5) is 26.9. The maximum absolute atomic E-state index is 13.6. The van der Waals surface area contributed by atoms with Gasteiger partial charge in [-0.1, -0.05) is 18.2 Å². The monoisotopic (exact) mass is 386 g/mol. The highest BCUT2D eigenvalue weighted by molar-refractivity contribution is 5.93. The number of carbonyl (C=O) groups is 1. The van der Waals surface area contributed by atoms with Crippen LogP contribution in [0.15, 0.2) is 36.4 Å². The van der Waals surface area contributed by atoms with Gasteiger partial charge in [0.1, 0.15) is 11.5 Å². The fourth-order valence-corrected chi connectivity index (χ4v) is 3.44. The molecule has 0 spiro atoms. The number of para-hydroxylation sites is 1. The third-order valence-electron chi connectivity index (χ3n) is 4.96. The van der Waals surface area contributed by atoms with E-state index in [2.05, 4.69) is 5.32 Å². The zero-order valence-corrected chi connectivity index (χ0v) is 15.9. The van der Waals surface area contributed by atoms with Crippen LogP contribution in [0.1, 0.15) is 11.1 Å². The SMILES string of the molecule is Cc1cccc(C)c1NC(=O)CN1CCN(c2cc(F)ccc2[N+](=O)[O-])CC1. The van der Waals surface area contributed by atoms with Crippen LogP contribution in [0.25, 0.3) is 0 Å². The lowest BCUT2D eigenvalue weighted by atomic mass is 10.1. The number of nitro groups is 1. The first kappa shape index (κ1) is 19.8. The Kier molecular flexibility index (Phi) is 5.89. The number of halogens is 1. The second-order valence-electron chi connectivity index (χ2n) is 6.97. The molecule has 2 aromatic carbocycles. The van der Waals surface area contributed by atoms with Crippen LogP contribution in [0.5, 0.6) is 0 Å². The Bertz CT molecular complexity index is 875. The first-order valence-corrected chi connectivity index (χ1v) is 9.12. The molecule has 28 heavy (non-hydrogen) atoms. The van der Waals surface area contributed by atoms with Gasteiger partial charge in [-0.3, -0.25) is 19.8 Å². The van der Waals surface area contributed by atoms with Crippen LogP contribution in [-0.4, -0.2) is 48.5 Å². The predicted molar refractivity (Wildman–Crippen MR) is 106 cm³/mol. The Hall–Kier alpha value is -3.00. The molecule has 1 aliphatic rings. The average Bonchev–Trinajstić information content (AvgIpc) is 2.65. The maximum atomic E-state index is 13.6. The van der Waals surface area contributed by atoms with E-state index in [1.165, 1.54) is 12.1 Å². The number of amides is 1. The number of carbonyl (C=O) groups excluding carboxylic acids is 1. The van der Waals surface area contributed by atoms with E-state index in [1.807, 2.05) is 36.9 Å². The topological polar surface area (TPSA) is 78.7 Å². The molecule has 2 aromatic rings. The van der Waals surface area contributed by atoms with Crippen molar-refractivity contribution in [3.63, 3.8) is 0 Å². The van der Waals surface area contributed by atoms with Gasteiger partial charge in [-0.15, -0.1) is 0 Å². The average molecular weight is 386 g/mol. The normalized spacial score (nSPS) is 14.8. The molecular formula is C20H23FN4O3. The Balaban J connectivity index is 1.60. The van der Waals surface area contributed by atoms with Crippen molar-refractivity contribution in [2.45, 2.75) is 13.8 Å². The molecule has 0 radical (unpaired) electrons. The number of rotatable bonds is 5. The molecule has 1 fully saturated rings. The van der Waals surface area contributed by atoms with Crippen molar-refractivity contribution in [2.75, 3.05) is 42.9 Å². The fourth-order valence-electron chi connectivity index (χ4n) is 3.44. The zero-order valence-electron chi connectivity index (χ0n) is 15.9. The molecule has 1 aliphatic heterocycles. The van der Waals surface area contributed by atoms with E-state index in [0.717, 1.165) is 22.9 Å². The molecule has 7 nitrogen and oxygen atoms in total. The van der Waals surface area contributed by atoms with E-state index < -0.39 is 10.7 Å². The second kappa shape index (κ2) is 8.35. The molecule has 8 heteroatoms. The summed E-state index contributed by atoms with van der Waals surface area (Å²) in [6, 6.07) is 9.33. The number of piperazine rings is 1. The smallest absolute Gasteiger partial charge is 0.292 e. The van der Waals surface area contributed by atoms with Crippen LogP contribution in [0.3, 0.4) is 0 Å². The zero-order chi connectivity index (χ0) is 20.3. The highest BCUT2D eigenvalue weighted by Gasteiger charge is 2.25. The van der Waals surface area contributed by atoms with Crippen molar-refractivity contribution in [3.05, 3.63) is 63.5 Å². The molecule has 1 saturated heterocycles. The van der Waals surface area contributed by atoms with E-state index in [-0.39, 0.29) is 23.8 Å². The van der Waals surface area contributed by atoms with E-state index in [4.69, 9.17) is 0 Å². The van der Waals surface area contributed by atoms with Crippen LogP contribution >= 0.6 is 0 Å². The molecule has 1 N–H and O–H groups in total. The Morgan fingerprint density at radius 1 is 1.14 bits per heavy atom. The minimum atomic E-state index is -0.504. The number of hydrogen-bond acceptors (Lipinski definition) is 5. The minimum absolute atomic E-state index is 0.0948. The van der Waals surface area contributed by atoms with Crippen LogP contribution < -0.4 is 10.2 Å². The summed E-state index contributed by atoms with van der Waals surface area (Å²) >= 11 is 0. The molecule has 3 rings (SSSR count). The van der Waals surface area contributed by atoms with Crippen molar-refractivity contribution in [2.24, 2.45) is 0 Å². The van der Waals surface area contributed by atoms with Crippen LogP contribution in [0.2, 0.25) is 0 Å². The number of nitrogens with one attached hydrogen (secondary N) is 1. The van der Waals surface area contributed by atoms with Crippen molar-refractivity contribution in [1.29, 1.82) is 0 Å². The first-order chi connectivity index (χ1) is 13.3. The van der Waals surface area contributed by atoms with Crippen LogP contribution in [-0.2, 0) is 4.79 Å². The van der Waals surface area contributed by atoms with E-state index >= 15 is 0 Å². The van der Waals surface area contributed by atoms with E-state index in [1.54, 1.807) is 4.90 Å². The lowest BCUT2D eigenvalue weighted by molar-refractivity contribution is -0.384. The summed E-state index contributed by atoms with van der Waals surface area (Å²) in [7, 11) is 0. The Labute approximate surface area is 162 Å². The number of benzene rings is 2. The van der Waals surface area contributed by atoms with Gasteiger partial charge in [0, 0.05) is 44.0 Å². The third kappa shape index (κ3) is 4.45. The van der Waals surface area contributed by atoms with Crippen molar-refractivity contribution in [1.82, 2.24) is 4.90 Å². The van der Waals surface area contributed by atoms with Crippen LogP contribution in [0.4, 0.5) is 21.5 Å². The summed E-state index contributed by atoms with van der Waals surface area (Å²) in [6.07, 6.45) is 0. The van der Waals surface area contributed by atoms with Crippen LogP contribution in [0, 0.1) is 29.8 Å². The van der Waals surface area contributed by atoms with Gasteiger partial charge in [-0.2, -0.15) is 0 Å². The summed E-state index contributed by atoms with van der Waals surface area (Å²) in [5.41, 5.74) is 3.03. The minimum Gasteiger partial charge on any atom is -0.363 e. The van der Waals surface area contributed by atoms with Gasteiger partial charge >= 0.3 is 0 Å². The lowest BCUT2D eigenvalue weighted by Gasteiger charge is -2.35. The molecular weight excluding hydrogens is 363 g/mol. The number of anilines is 2. The predicted octanol–water partition coefficient (Wildman–Crippen LogP) is 3.11. The molecule has 1 amide bonds. The van der Waals surface area contributed by atoms with Gasteiger partial charge in [-0.05, 0) is 31.0 Å². The molecule has 1 heterocycles. The van der Waals surface area contributed by atoms with Crippen molar-refractivity contribution >= 4 is 23.0 Å². The lowest BCUT2D eigenvalue weighted by Crippen LogP contribution is -2.48. The molecule has 0 atom stereocenters. The van der Waals surface area contributed by atoms with Gasteiger partial charge < -0.3 is 10.2 Å². The van der Waals surface area contributed by atoms with Gasteiger partial charge in [-0.25, -0.2) is 4.39 Å². The summed E-state index contributed by atoms with van der Waals surface area (Å²) in [6.45, 7) is 6.25. The van der Waals surface area contributed by atoms with E-state index in [9.17, 15) is 19.3 Å². The summed E-state index contributed by atoms with van der Waals surface area (Å²) in [5, 5.41) is 14.2. The molecule has 0 bridgehead atoms. The molecule has 148 valence electrons. The van der Waals surface area contributed by atoms with Crippen molar-refractivity contribution in [3.8, 4) is 0 Å². The number of aryl methyl sites for hydroxylation is 2. The standard InChI is InChI=1S/C20H23FN4O3/c1-14-4-3-5-15(2)20(14)22-19(26)13-23-8-10-24(11-9-23)18-12-16(21)6-7-17(18)25(27)28/h3-7,12H,8-11,13H2,1-2H3,(H,22,26). The summed E-state index contributed by atoms with van der Waals surface area (Å²) < 4.78 is 13.6. The largest absolute Gasteiger partial charge is 0.363 e. The number of nitrogens with zero attached hydrogens (tertiary/aromatic N) is 3. The first-order valence-electron chi connectivity index (χ1n) is 9.12.